The average Bonchev–Trinajstić information content (AvgIpc) is 2.60. The third-order valence-corrected chi connectivity index (χ3v) is 5.67. The first-order chi connectivity index (χ1) is 12.7. The van der Waals surface area contributed by atoms with Gasteiger partial charge in [0.2, 0.25) is 21.8 Å². The summed E-state index contributed by atoms with van der Waals surface area (Å²) in [5, 5.41) is 2.71. The van der Waals surface area contributed by atoms with Crippen LogP contribution >= 0.6 is 0 Å². The predicted molar refractivity (Wildman–Crippen MR) is 106 cm³/mol. The molecule has 1 heterocycles. The van der Waals surface area contributed by atoms with Gasteiger partial charge in [-0.25, -0.2) is 8.42 Å². The number of amides is 2. The summed E-state index contributed by atoms with van der Waals surface area (Å²) in [6.45, 7) is 3.27. The molecule has 0 unspecified atom stereocenters. The largest absolute Gasteiger partial charge is 0.323 e. The Morgan fingerprint density at radius 1 is 1.15 bits per heavy atom. The van der Waals surface area contributed by atoms with Crippen molar-refractivity contribution in [2.75, 3.05) is 33.9 Å². The molecule has 2 aromatic rings. The van der Waals surface area contributed by atoms with Gasteiger partial charge >= 0.3 is 0 Å². The molecule has 8 heteroatoms. The van der Waals surface area contributed by atoms with E-state index in [0.717, 1.165) is 21.7 Å². The number of anilines is 3. The van der Waals surface area contributed by atoms with Crippen molar-refractivity contribution in [2.45, 2.75) is 13.8 Å². The standard InChI is InChI=1S/C19H21N3O4S/c1-13-8-9-15(10-14(13)2)22(27(3,25)26)12-19(24)21-11-18(23)20-16-6-4-5-7-17(16)21/h4-10H,11-12H2,1-3H3,(H,20,23). The maximum atomic E-state index is 12.9. The number of rotatable bonds is 4. The van der Waals surface area contributed by atoms with Crippen LogP contribution in [0, 0.1) is 13.8 Å². The number of hydrogen-bond donors (Lipinski definition) is 1. The molecule has 27 heavy (non-hydrogen) atoms. The molecule has 7 nitrogen and oxygen atoms in total. The Bertz CT molecular complexity index is 1020. The Labute approximate surface area is 158 Å². The zero-order valence-electron chi connectivity index (χ0n) is 15.4. The zero-order chi connectivity index (χ0) is 19.8. The molecule has 1 aliphatic rings. The number of fused-ring (bicyclic) bond motifs is 1. The highest BCUT2D eigenvalue weighted by Crippen LogP contribution is 2.29. The molecule has 0 saturated heterocycles. The predicted octanol–water partition coefficient (Wildman–Crippen LogP) is 2.05. The Hall–Kier alpha value is -2.87. The van der Waals surface area contributed by atoms with Crippen LogP contribution in [0.2, 0.25) is 0 Å². The van der Waals surface area contributed by atoms with Crippen molar-refractivity contribution in [3.05, 3.63) is 53.6 Å². The van der Waals surface area contributed by atoms with Crippen molar-refractivity contribution in [3.63, 3.8) is 0 Å². The van der Waals surface area contributed by atoms with Crippen molar-refractivity contribution in [1.29, 1.82) is 0 Å². The second kappa shape index (κ2) is 7.03. The maximum Gasteiger partial charge on any atom is 0.248 e. The Balaban J connectivity index is 1.94. The number of benzene rings is 2. The molecule has 0 aromatic heterocycles. The molecule has 0 spiro atoms. The van der Waals surface area contributed by atoms with Crippen LogP contribution in [0.25, 0.3) is 0 Å². The van der Waals surface area contributed by atoms with Gasteiger partial charge in [0.15, 0.2) is 0 Å². The number of para-hydroxylation sites is 2. The third kappa shape index (κ3) is 3.95. The van der Waals surface area contributed by atoms with E-state index < -0.39 is 15.9 Å². The van der Waals surface area contributed by atoms with Gasteiger partial charge in [-0.2, -0.15) is 0 Å². The smallest absolute Gasteiger partial charge is 0.248 e. The molecule has 0 atom stereocenters. The first-order valence-electron chi connectivity index (χ1n) is 8.41. The molecule has 3 rings (SSSR count). The van der Waals surface area contributed by atoms with Crippen molar-refractivity contribution in [3.8, 4) is 0 Å². The molecular weight excluding hydrogens is 366 g/mol. The van der Waals surface area contributed by atoms with Gasteiger partial charge in [0.1, 0.15) is 13.1 Å². The van der Waals surface area contributed by atoms with Gasteiger partial charge in [0, 0.05) is 0 Å². The number of carbonyl (C=O) groups excluding carboxylic acids is 2. The molecule has 0 aliphatic carbocycles. The molecule has 1 N–H and O–H groups in total. The number of carbonyl (C=O) groups is 2. The Morgan fingerprint density at radius 3 is 2.52 bits per heavy atom. The molecule has 142 valence electrons. The average molecular weight is 387 g/mol. The minimum Gasteiger partial charge on any atom is -0.323 e. The van der Waals surface area contributed by atoms with Gasteiger partial charge in [-0.15, -0.1) is 0 Å². The number of nitrogens with zero attached hydrogens (tertiary/aromatic N) is 2. The van der Waals surface area contributed by atoms with Gasteiger partial charge in [-0.1, -0.05) is 18.2 Å². The van der Waals surface area contributed by atoms with Crippen LogP contribution in [0.1, 0.15) is 11.1 Å². The minimum absolute atomic E-state index is 0.152. The lowest BCUT2D eigenvalue weighted by atomic mass is 10.1. The van der Waals surface area contributed by atoms with Crippen LogP contribution in [0.4, 0.5) is 17.1 Å². The second-order valence-electron chi connectivity index (χ2n) is 6.58. The molecule has 2 aromatic carbocycles. The summed E-state index contributed by atoms with van der Waals surface area (Å²) in [4.78, 5) is 26.2. The van der Waals surface area contributed by atoms with Crippen molar-refractivity contribution in [1.82, 2.24) is 0 Å². The molecule has 1 aliphatic heterocycles. The van der Waals surface area contributed by atoms with Crippen molar-refractivity contribution in [2.24, 2.45) is 0 Å². The van der Waals surface area contributed by atoms with E-state index in [4.69, 9.17) is 0 Å². The Kier molecular flexibility index (Phi) is 4.93. The van der Waals surface area contributed by atoms with Gasteiger partial charge in [-0.3, -0.25) is 18.8 Å². The van der Waals surface area contributed by atoms with Crippen LogP contribution in [0.5, 0.6) is 0 Å². The van der Waals surface area contributed by atoms with Crippen LogP contribution in [-0.4, -0.2) is 39.6 Å². The van der Waals surface area contributed by atoms with Crippen LogP contribution in [0.3, 0.4) is 0 Å². The number of sulfonamides is 1. The van der Waals surface area contributed by atoms with Crippen molar-refractivity contribution < 1.29 is 18.0 Å². The van der Waals surface area contributed by atoms with Crippen LogP contribution in [-0.2, 0) is 19.6 Å². The van der Waals surface area contributed by atoms with Crippen LogP contribution < -0.4 is 14.5 Å². The lowest BCUT2D eigenvalue weighted by molar-refractivity contribution is -0.121. The van der Waals surface area contributed by atoms with Crippen LogP contribution in [0.15, 0.2) is 42.5 Å². The van der Waals surface area contributed by atoms with Crippen molar-refractivity contribution >= 4 is 38.9 Å². The summed E-state index contributed by atoms with van der Waals surface area (Å²) < 4.78 is 25.7. The number of aryl methyl sites for hydroxylation is 2. The SMILES string of the molecule is Cc1ccc(N(CC(=O)N2CC(=O)Nc3ccccc32)S(C)(=O)=O)cc1C. The molecule has 0 fully saturated rings. The van der Waals surface area contributed by atoms with E-state index in [9.17, 15) is 18.0 Å². The van der Waals surface area contributed by atoms with Gasteiger partial charge in [0.25, 0.3) is 0 Å². The summed E-state index contributed by atoms with van der Waals surface area (Å²) in [7, 11) is -3.69. The fourth-order valence-electron chi connectivity index (χ4n) is 2.94. The van der Waals surface area contributed by atoms with E-state index >= 15 is 0 Å². The van der Waals surface area contributed by atoms with E-state index in [1.807, 2.05) is 19.9 Å². The molecule has 0 radical (unpaired) electrons. The fraction of sp³-hybridized carbons (Fsp3) is 0.263. The Morgan fingerprint density at radius 2 is 1.85 bits per heavy atom. The third-order valence-electron chi connectivity index (χ3n) is 4.53. The molecule has 0 bridgehead atoms. The molecule has 0 saturated carbocycles. The van der Waals surface area contributed by atoms with Gasteiger partial charge in [-0.05, 0) is 49.2 Å². The van der Waals surface area contributed by atoms with E-state index in [1.165, 1.54) is 4.90 Å². The topological polar surface area (TPSA) is 86.8 Å². The molecule has 2 amide bonds. The highest BCUT2D eigenvalue weighted by atomic mass is 32.2. The van der Waals surface area contributed by atoms with Gasteiger partial charge < -0.3 is 5.32 Å². The fourth-order valence-corrected chi connectivity index (χ4v) is 3.79. The lowest BCUT2D eigenvalue weighted by Crippen LogP contribution is -2.47. The highest BCUT2D eigenvalue weighted by molar-refractivity contribution is 7.92. The highest BCUT2D eigenvalue weighted by Gasteiger charge is 2.30. The summed E-state index contributed by atoms with van der Waals surface area (Å²) in [5.74, 6) is -0.792. The van der Waals surface area contributed by atoms with E-state index in [-0.39, 0.29) is 19.0 Å². The van der Waals surface area contributed by atoms with Gasteiger partial charge in [0.05, 0.1) is 23.3 Å². The summed E-state index contributed by atoms with van der Waals surface area (Å²) in [6.07, 6.45) is 1.06. The van der Waals surface area contributed by atoms with E-state index in [0.29, 0.717) is 17.1 Å². The number of hydrogen-bond acceptors (Lipinski definition) is 4. The first kappa shape index (κ1) is 18.9. The molecular formula is C19H21N3O4S. The zero-order valence-corrected chi connectivity index (χ0v) is 16.2. The van der Waals surface area contributed by atoms with E-state index in [1.54, 1.807) is 36.4 Å². The number of nitrogens with one attached hydrogen (secondary N) is 1. The second-order valence-corrected chi connectivity index (χ2v) is 8.49. The first-order valence-corrected chi connectivity index (χ1v) is 10.3. The maximum absolute atomic E-state index is 12.9. The normalized spacial score (nSPS) is 13.7. The summed E-state index contributed by atoms with van der Waals surface area (Å²) in [5.41, 5.74) is 3.45. The summed E-state index contributed by atoms with van der Waals surface area (Å²) in [6, 6.07) is 12.2. The summed E-state index contributed by atoms with van der Waals surface area (Å²) >= 11 is 0. The minimum atomic E-state index is -3.69. The quantitative estimate of drug-likeness (QED) is 0.870. The monoisotopic (exact) mass is 387 g/mol. The van der Waals surface area contributed by atoms with E-state index in [2.05, 4.69) is 5.32 Å². The lowest BCUT2D eigenvalue weighted by Gasteiger charge is -2.31.